The minimum atomic E-state index is 0.644. The molecule has 3 rings (SSSR count). The van der Waals surface area contributed by atoms with Crippen molar-refractivity contribution < 1.29 is 9.64 Å². The smallest absolute Gasteiger partial charge is 0.171 e. The first kappa shape index (κ1) is 15.1. The summed E-state index contributed by atoms with van der Waals surface area (Å²) in [6, 6.07) is 10.0. The minimum Gasteiger partial charge on any atom is -0.370 e. The van der Waals surface area contributed by atoms with Crippen LogP contribution in [-0.4, -0.2) is 49.5 Å². The third-order valence-electron chi connectivity index (χ3n) is 3.84. The molecule has 0 spiro atoms. The van der Waals surface area contributed by atoms with Crippen molar-refractivity contribution in [3.63, 3.8) is 0 Å². The lowest BCUT2D eigenvalue weighted by molar-refractivity contribution is -0.906. The Morgan fingerprint density at radius 3 is 2.91 bits per heavy atom. The van der Waals surface area contributed by atoms with Gasteiger partial charge in [0.05, 0.1) is 37.5 Å². The van der Waals surface area contributed by atoms with Crippen molar-refractivity contribution in [1.82, 2.24) is 10.3 Å². The van der Waals surface area contributed by atoms with Gasteiger partial charge in [-0.15, -0.1) is 0 Å². The number of para-hydroxylation sites is 1. The molecule has 0 unspecified atom stereocenters. The quantitative estimate of drug-likeness (QED) is 0.715. The number of rotatable bonds is 4. The second kappa shape index (κ2) is 7.49. The fraction of sp³-hybridized carbons (Fsp3) is 0.375. The molecule has 0 bridgehead atoms. The van der Waals surface area contributed by atoms with Crippen LogP contribution in [0.15, 0.2) is 36.5 Å². The number of fused-ring (bicyclic) bond motifs is 1. The highest BCUT2D eigenvalue weighted by atomic mass is 32.1. The van der Waals surface area contributed by atoms with Crippen molar-refractivity contribution in [2.45, 2.75) is 0 Å². The molecule has 116 valence electrons. The van der Waals surface area contributed by atoms with E-state index >= 15 is 0 Å². The SMILES string of the molecule is S=C(NCC[NH+]1CCOCC1)Nc1cccc2cccnc12. The summed E-state index contributed by atoms with van der Waals surface area (Å²) in [5, 5.41) is 8.27. The summed E-state index contributed by atoms with van der Waals surface area (Å²) < 4.78 is 5.36. The molecule has 2 heterocycles. The molecule has 0 radical (unpaired) electrons. The Hall–Kier alpha value is -1.76. The fourth-order valence-corrected chi connectivity index (χ4v) is 2.85. The van der Waals surface area contributed by atoms with Gasteiger partial charge in [-0.3, -0.25) is 4.98 Å². The van der Waals surface area contributed by atoms with Gasteiger partial charge in [-0.1, -0.05) is 18.2 Å². The Labute approximate surface area is 135 Å². The maximum absolute atomic E-state index is 5.38. The van der Waals surface area contributed by atoms with E-state index in [2.05, 4.69) is 15.6 Å². The van der Waals surface area contributed by atoms with Crippen LogP contribution in [0.2, 0.25) is 0 Å². The number of nitrogens with zero attached hydrogens (tertiary/aromatic N) is 1. The molecular formula is C16H21N4OS+. The monoisotopic (exact) mass is 317 g/mol. The number of quaternary nitrogens is 1. The Morgan fingerprint density at radius 1 is 1.23 bits per heavy atom. The number of pyridine rings is 1. The second-order valence-corrected chi connectivity index (χ2v) is 5.78. The number of aromatic nitrogens is 1. The van der Waals surface area contributed by atoms with Gasteiger partial charge >= 0.3 is 0 Å². The molecule has 5 nitrogen and oxygen atoms in total. The maximum atomic E-state index is 5.38. The highest BCUT2D eigenvalue weighted by Crippen LogP contribution is 2.20. The van der Waals surface area contributed by atoms with Crippen LogP contribution < -0.4 is 15.5 Å². The van der Waals surface area contributed by atoms with Crippen LogP contribution in [0.3, 0.4) is 0 Å². The summed E-state index contributed by atoms with van der Waals surface area (Å²) in [4.78, 5) is 5.98. The summed E-state index contributed by atoms with van der Waals surface area (Å²) in [6.45, 7) is 5.79. The van der Waals surface area contributed by atoms with Crippen LogP contribution in [-0.2, 0) is 4.74 Å². The summed E-state index contributed by atoms with van der Waals surface area (Å²) in [7, 11) is 0. The Kier molecular flexibility index (Phi) is 5.15. The van der Waals surface area contributed by atoms with Crippen molar-refractivity contribution in [1.29, 1.82) is 0 Å². The van der Waals surface area contributed by atoms with Gasteiger partial charge in [0.15, 0.2) is 5.11 Å². The van der Waals surface area contributed by atoms with Crippen LogP contribution >= 0.6 is 12.2 Å². The number of hydrogen-bond donors (Lipinski definition) is 3. The van der Waals surface area contributed by atoms with E-state index in [-0.39, 0.29) is 0 Å². The standard InChI is InChI=1S/C16H20N4OS/c22-16(18-7-8-20-9-11-21-12-10-20)19-14-5-1-3-13-4-2-6-17-15(13)14/h1-6H,7-12H2,(H2,18,19,22)/p+1. The van der Waals surface area contributed by atoms with Crippen LogP contribution in [0.1, 0.15) is 0 Å². The average molecular weight is 317 g/mol. The number of hydrogen-bond acceptors (Lipinski definition) is 3. The maximum Gasteiger partial charge on any atom is 0.171 e. The van der Waals surface area contributed by atoms with Crippen molar-refractivity contribution in [2.75, 3.05) is 44.7 Å². The fourth-order valence-electron chi connectivity index (χ4n) is 2.63. The molecule has 0 amide bonds. The zero-order valence-corrected chi connectivity index (χ0v) is 13.3. The van der Waals surface area contributed by atoms with E-state index in [1.54, 1.807) is 11.1 Å². The molecule has 3 N–H and O–H groups in total. The highest BCUT2D eigenvalue weighted by Gasteiger charge is 2.13. The van der Waals surface area contributed by atoms with E-state index in [0.29, 0.717) is 5.11 Å². The van der Waals surface area contributed by atoms with E-state index in [4.69, 9.17) is 17.0 Å². The largest absolute Gasteiger partial charge is 0.370 e. The van der Waals surface area contributed by atoms with Crippen LogP contribution in [0, 0.1) is 0 Å². The molecule has 0 saturated carbocycles. The van der Waals surface area contributed by atoms with E-state index in [1.165, 1.54) is 0 Å². The first-order chi connectivity index (χ1) is 10.8. The predicted molar refractivity (Wildman–Crippen MR) is 92.3 cm³/mol. The number of nitrogens with one attached hydrogen (secondary N) is 3. The van der Waals surface area contributed by atoms with E-state index in [1.807, 2.05) is 30.3 Å². The van der Waals surface area contributed by atoms with Gasteiger partial charge in [-0.2, -0.15) is 0 Å². The lowest BCUT2D eigenvalue weighted by Gasteiger charge is -2.24. The van der Waals surface area contributed by atoms with E-state index in [9.17, 15) is 0 Å². The van der Waals surface area contributed by atoms with Crippen LogP contribution in [0.5, 0.6) is 0 Å². The van der Waals surface area contributed by atoms with Crippen molar-refractivity contribution >= 4 is 33.9 Å². The molecule has 1 aromatic carbocycles. The van der Waals surface area contributed by atoms with Gasteiger partial charge in [-0.05, 0) is 24.4 Å². The van der Waals surface area contributed by atoms with Gasteiger partial charge in [-0.25, -0.2) is 0 Å². The molecule has 1 aliphatic heterocycles. The second-order valence-electron chi connectivity index (χ2n) is 5.37. The molecule has 2 aromatic rings. The zero-order chi connectivity index (χ0) is 15.2. The first-order valence-electron chi connectivity index (χ1n) is 7.63. The molecule has 1 saturated heterocycles. The molecule has 6 heteroatoms. The number of benzene rings is 1. The lowest BCUT2D eigenvalue weighted by atomic mass is 10.2. The van der Waals surface area contributed by atoms with Gasteiger partial charge in [0.2, 0.25) is 0 Å². The Bertz CT molecular complexity index is 638. The summed E-state index contributed by atoms with van der Waals surface area (Å²) in [5.74, 6) is 0. The van der Waals surface area contributed by atoms with E-state index < -0.39 is 0 Å². The third-order valence-corrected chi connectivity index (χ3v) is 4.09. The molecular weight excluding hydrogens is 296 g/mol. The molecule has 22 heavy (non-hydrogen) atoms. The zero-order valence-electron chi connectivity index (χ0n) is 12.5. The summed E-state index contributed by atoms with van der Waals surface area (Å²) in [5.41, 5.74) is 1.88. The average Bonchev–Trinajstić information content (AvgIpc) is 2.56. The third kappa shape index (κ3) is 3.91. The number of anilines is 1. The van der Waals surface area contributed by atoms with Crippen molar-refractivity contribution in [3.8, 4) is 0 Å². The van der Waals surface area contributed by atoms with Gasteiger partial charge < -0.3 is 20.3 Å². The lowest BCUT2D eigenvalue weighted by Crippen LogP contribution is -3.14. The Balaban J connectivity index is 1.52. The summed E-state index contributed by atoms with van der Waals surface area (Å²) in [6.07, 6.45) is 1.80. The van der Waals surface area contributed by atoms with Gasteiger partial charge in [0.1, 0.15) is 13.1 Å². The number of ether oxygens (including phenoxy) is 1. The molecule has 0 atom stereocenters. The molecule has 1 aromatic heterocycles. The number of morpholine rings is 1. The van der Waals surface area contributed by atoms with Gasteiger partial charge in [0.25, 0.3) is 0 Å². The van der Waals surface area contributed by atoms with Crippen molar-refractivity contribution in [3.05, 3.63) is 36.5 Å². The molecule has 1 aliphatic rings. The highest BCUT2D eigenvalue weighted by molar-refractivity contribution is 7.80. The van der Waals surface area contributed by atoms with Crippen LogP contribution in [0.4, 0.5) is 5.69 Å². The minimum absolute atomic E-state index is 0.644. The topological polar surface area (TPSA) is 50.6 Å². The van der Waals surface area contributed by atoms with Crippen molar-refractivity contribution in [2.24, 2.45) is 0 Å². The number of thiocarbonyl (C=S) groups is 1. The van der Waals surface area contributed by atoms with E-state index in [0.717, 1.165) is 56.0 Å². The van der Waals surface area contributed by atoms with Gasteiger partial charge in [0, 0.05) is 11.6 Å². The first-order valence-corrected chi connectivity index (χ1v) is 8.04. The predicted octanol–water partition coefficient (Wildman–Crippen LogP) is 0.436. The molecule has 1 fully saturated rings. The summed E-state index contributed by atoms with van der Waals surface area (Å²) >= 11 is 5.38. The van der Waals surface area contributed by atoms with Crippen LogP contribution in [0.25, 0.3) is 10.9 Å². The Morgan fingerprint density at radius 2 is 2.05 bits per heavy atom. The normalized spacial score (nSPS) is 15.6. The molecule has 0 aliphatic carbocycles.